The molecule has 6 unspecified atom stereocenters. The zero-order valence-corrected chi connectivity index (χ0v) is 9.51. The van der Waals surface area contributed by atoms with E-state index in [0.29, 0.717) is 5.92 Å². The zero-order chi connectivity index (χ0) is 11.3. The first-order valence-corrected chi connectivity index (χ1v) is 6.53. The number of aliphatic hydroxyl groups is 1. The van der Waals surface area contributed by atoms with E-state index in [-0.39, 0.29) is 24.9 Å². The van der Waals surface area contributed by atoms with E-state index in [0.717, 1.165) is 24.2 Å². The number of aliphatic carboxylic acids is 1. The molecule has 0 spiro atoms. The van der Waals surface area contributed by atoms with Crippen molar-refractivity contribution in [1.82, 2.24) is 0 Å². The summed E-state index contributed by atoms with van der Waals surface area (Å²) in [6.45, 7) is 0.185. The number of carboxylic acid groups (broad SMARTS) is 1. The second-order valence-corrected chi connectivity index (χ2v) is 6.01. The monoisotopic (exact) mass is 224 g/mol. The smallest absolute Gasteiger partial charge is 0.303 e. The second-order valence-electron chi connectivity index (χ2n) is 6.01. The maximum atomic E-state index is 10.9. The zero-order valence-electron chi connectivity index (χ0n) is 9.51. The summed E-state index contributed by atoms with van der Waals surface area (Å²) < 4.78 is 0. The molecular formula is C13H20O3. The van der Waals surface area contributed by atoms with Gasteiger partial charge in [0.15, 0.2) is 0 Å². The standard InChI is InChI=1S/C13H20O3/c14-6-9-4-10-7-1-2-8(3-7)13(10)11(9)5-12(15)16/h7-11,13-14H,1-6H2,(H,15,16). The Morgan fingerprint density at radius 1 is 1.19 bits per heavy atom. The van der Waals surface area contributed by atoms with Gasteiger partial charge in [0.25, 0.3) is 0 Å². The normalized spacial score (nSPS) is 49.6. The van der Waals surface area contributed by atoms with Crippen LogP contribution in [0.5, 0.6) is 0 Å². The van der Waals surface area contributed by atoms with Crippen molar-refractivity contribution in [3.05, 3.63) is 0 Å². The van der Waals surface area contributed by atoms with Gasteiger partial charge < -0.3 is 10.2 Å². The summed E-state index contributed by atoms with van der Waals surface area (Å²) >= 11 is 0. The first kappa shape index (κ1) is 10.6. The van der Waals surface area contributed by atoms with E-state index in [9.17, 15) is 9.90 Å². The van der Waals surface area contributed by atoms with E-state index in [4.69, 9.17) is 5.11 Å². The van der Waals surface area contributed by atoms with Crippen molar-refractivity contribution in [1.29, 1.82) is 0 Å². The van der Waals surface area contributed by atoms with Gasteiger partial charge in [0.1, 0.15) is 0 Å². The minimum absolute atomic E-state index is 0.185. The third-order valence-electron chi connectivity index (χ3n) is 5.48. The summed E-state index contributed by atoms with van der Waals surface area (Å²) in [5, 5.41) is 18.4. The average molecular weight is 224 g/mol. The molecule has 0 aromatic rings. The van der Waals surface area contributed by atoms with E-state index in [1.54, 1.807) is 0 Å². The van der Waals surface area contributed by atoms with Crippen molar-refractivity contribution in [3.63, 3.8) is 0 Å². The average Bonchev–Trinajstić information content (AvgIpc) is 2.88. The lowest BCUT2D eigenvalue weighted by Gasteiger charge is -2.29. The van der Waals surface area contributed by atoms with Crippen LogP contribution >= 0.6 is 0 Å². The third-order valence-corrected chi connectivity index (χ3v) is 5.48. The number of hydrogen-bond donors (Lipinski definition) is 2. The Bertz CT molecular complexity index is 302. The summed E-state index contributed by atoms with van der Waals surface area (Å²) in [5.74, 6) is 2.80. The first-order chi connectivity index (χ1) is 7.70. The minimum Gasteiger partial charge on any atom is -0.481 e. The molecule has 2 bridgehead atoms. The van der Waals surface area contributed by atoms with Crippen LogP contribution in [0, 0.1) is 35.5 Å². The molecule has 0 amide bonds. The molecule has 0 aromatic carbocycles. The molecule has 2 N–H and O–H groups in total. The fourth-order valence-corrected chi connectivity index (χ4v) is 5.02. The van der Waals surface area contributed by atoms with Crippen LogP contribution < -0.4 is 0 Å². The van der Waals surface area contributed by atoms with Crippen molar-refractivity contribution in [3.8, 4) is 0 Å². The Hall–Kier alpha value is -0.570. The summed E-state index contributed by atoms with van der Waals surface area (Å²) in [4.78, 5) is 10.9. The molecule has 3 aliphatic carbocycles. The first-order valence-electron chi connectivity index (χ1n) is 6.53. The van der Waals surface area contributed by atoms with Crippen LogP contribution in [0.25, 0.3) is 0 Å². The van der Waals surface area contributed by atoms with Gasteiger partial charge in [-0.05, 0) is 61.2 Å². The largest absolute Gasteiger partial charge is 0.481 e. The van der Waals surface area contributed by atoms with Crippen LogP contribution in [0.2, 0.25) is 0 Å². The van der Waals surface area contributed by atoms with Crippen molar-refractivity contribution in [2.24, 2.45) is 35.5 Å². The summed E-state index contributed by atoms with van der Waals surface area (Å²) in [6.07, 6.45) is 5.35. The predicted octanol–water partition coefficient (Wildman–Crippen LogP) is 1.75. The van der Waals surface area contributed by atoms with Crippen molar-refractivity contribution in [2.75, 3.05) is 6.61 Å². The highest BCUT2D eigenvalue weighted by Crippen LogP contribution is 2.62. The second kappa shape index (κ2) is 3.73. The molecule has 0 aliphatic heterocycles. The topological polar surface area (TPSA) is 57.5 Å². The van der Waals surface area contributed by atoms with E-state index in [1.807, 2.05) is 0 Å². The van der Waals surface area contributed by atoms with Crippen LogP contribution in [0.3, 0.4) is 0 Å². The maximum absolute atomic E-state index is 10.9. The van der Waals surface area contributed by atoms with Crippen molar-refractivity contribution < 1.29 is 15.0 Å². The highest BCUT2D eigenvalue weighted by atomic mass is 16.4. The Morgan fingerprint density at radius 3 is 2.62 bits per heavy atom. The van der Waals surface area contributed by atoms with Crippen LogP contribution in [-0.4, -0.2) is 22.8 Å². The molecular weight excluding hydrogens is 204 g/mol. The molecule has 0 heterocycles. The van der Waals surface area contributed by atoms with Gasteiger partial charge in [-0.25, -0.2) is 0 Å². The summed E-state index contributed by atoms with van der Waals surface area (Å²) in [6, 6.07) is 0. The number of rotatable bonds is 3. The van der Waals surface area contributed by atoms with Crippen LogP contribution in [-0.2, 0) is 4.79 Å². The molecule has 16 heavy (non-hydrogen) atoms. The van der Waals surface area contributed by atoms with Gasteiger partial charge in [0, 0.05) is 13.0 Å². The van der Waals surface area contributed by atoms with Gasteiger partial charge in [-0.15, -0.1) is 0 Å². The fraction of sp³-hybridized carbons (Fsp3) is 0.923. The summed E-state index contributed by atoms with van der Waals surface area (Å²) in [5.41, 5.74) is 0. The predicted molar refractivity (Wildman–Crippen MR) is 58.7 cm³/mol. The van der Waals surface area contributed by atoms with E-state index in [2.05, 4.69) is 0 Å². The van der Waals surface area contributed by atoms with E-state index in [1.165, 1.54) is 19.3 Å². The lowest BCUT2D eigenvalue weighted by molar-refractivity contribution is -0.139. The number of carbonyl (C=O) groups is 1. The Morgan fingerprint density at radius 2 is 1.94 bits per heavy atom. The van der Waals surface area contributed by atoms with Gasteiger partial charge in [-0.2, -0.15) is 0 Å². The van der Waals surface area contributed by atoms with Crippen LogP contribution in [0.4, 0.5) is 0 Å². The van der Waals surface area contributed by atoms with E-state index < -0.39 is 5.97 Å². The molecule has 0 aromatic heterocycles. The van der Waals surface area contributed by atoms with Gasteiger partial charge in [-0.3, -0.25) is 4.79 Å². The highest BCUT2D eigenvalue weighted by Gasteiger charge is 2.56. The van der Waals surface area contributed by atoms with Crippen molar-refractivity contribution in [2.45, 2.75) is 32.1 Å². The molecule has 3 aliphatic rings. The lowest BCUT2D eigenvalue weighted by Crippen LogP contribution is -2.26. The Labute approximate surface area is 95.9 Å². The Kier molecular flexibility index (Phi) is 2.46. The van der Waals surface area contributed by atoms with Gasteiger partial charge in [-0.1, -0.05) is 0 Å². The molecule has 3 rings (SSSR count). The maximum Gasteiger partial charge on any atom is 0.303 e. The summed E-state index contributed by atoms with van der Waals surface area (Å²) in [7, 11) is 0. The molecule has 3 fully saturated rings. The van der Waals surface area contributed by atoms with Crippen LogP contribution in [0.15, 0.2) is 0 Å². The third kappa shape index (κ3) is 1.41. The van der Waals surface area contributed by atoms with Gasteiger partial charge >= 0.3 is 5.97 Å². The Balaban J connectivity index is 1.81. The quantitative estimate of drug-likeness (QED) is 0.768. The number of carboxylic acids is 1. The highest BCUT2D eigenvalue weighted by molar-refractivity contribution is 5.67. The SMILES string of the molecule is O=C(O)CC1C(CO)CC2C3CCC(C3)C12. The molecule has 3 saturated carbocycles. The molecule has 90 valence electrons. The number of fused-ring (bicyclic) bond motifs is 5. The van der Waals surface area contributed by atoms with Gasteiger partial charge in [0.05, 0.1) is 0 Å². The molecule has 0 radical (unpaired) electrons. The lowest BCUT2D eigenvalue weighted by atomic mass is 9.76. The molecule has 0 saturated heterocycles. The van der Waals surface area contributed by atoms with Gasteiger partial charge in [0.2, 0.25) is 0 Å². The van der Waals surface area contributed by atoms with E-state index >= 15 is 0 Å². The minimum atomic E-state index is -0.688. The van der Waals surface area contributed by atoms with Crippen LogP contribution in [0.1, 0.15) is 32.1 Å². The molecule has 3 heteroatoms. The number of aliphatic hydroxyl groups excluding tert-OH is 1. The molecule has 3 nitrogen and oxygen atoms in total. The van der Waals surface area contributed by atoms with Crippen molar-refractivity contribution >= 4 is 5.97 Å². The number of hydrogen-bond acceptors (Lipinski definition) is 2. The molecule has 6 atom stereocenters. The fourth-order valence-electron chi connectivity index (χ4n) is 5.02.